The van der Waals surface area contributed by atoms with E-state index in [9.17, 15) is 14.9 Å². The van der Waals surface area contributed by atoms with Gasteiger partial charge in [0.2, 0.25) is 6.79 Å². The number of non-ortho nitro benzene ring substituents is 1. The number of nitro groups is 1. The van der Waals surface area contributed by atoms with Gasteiger partial charge in [0.1, 0.15) is 0 Å². The number of benzene rings is 2. The first-order chi connectivity index (χ1) is 16.1. The van der Waals surface area contributed by atoms with Gasteiger partial charge in [-0.1, -0.05) is 0 Å². The standard InChI is InChI=1S/C23H23N5O5.ClH/c24-5-7-25-6-1-2-8-27-22-17-10-20-21(33-13-32-20)11-19(17)26-12-18(22)15-4-3-14(28(30)31)9-16(15)23(27)29;/h3-4,9-12,25H,1-2,5-8,13,24H2;1H. The first kappa shape index (κ1) is 23.7. The van der Waals surface area contributed by atoms with Crippen molar-refractivity contribution in [2.24, 2.45) is 5.73 Å². The van der Waals surface area contributed by atoms with Crippen LogP contribution >= 0.6 is 12.4 Å². The van der Waals surface area contributed by atoms with E-state index in [2.05, 4.69) is 10.3 Å². The second-order valence-electron chi connectivity index (χ2n) is 7.93. The fourth-order valence-corrected chi connectivity index (χ4v) is 4.32. The fourth-order valence-electron chi connectivity index (χ4n) is 4.32. The maximum absolute atomic E-state index is 13.6. The molecule has 10 nitrogen and oxygen atoms in total. The zero-order chi connectivity index (χ0) is 22.9. The molecule has 0 unspecified atom stereocenters. The van der Waals surface area contributed by atoms with E-state index in [-0.39, 0.29) is 30.4 Å². The number of nitro benzene ring substituents is 1. The molecule has 0 spiro atoms. The van der Waals surface area contributed by atoms with Gasteiger partial charge in [-0.3, -0.25) is 19.9 Å². The molecule has 0 bridgehead atoms. The summed E-state index contributed by atoms with van der Waals surface area (Å²) in [6.07, 6.45) is 3.32. The molecule has 0 radical (unpaired) electrons. The van der Waals surface area contributed by atoms with Gasteiger partial charge in [0.15, 0.2) is 11.5 Å². The molecule has 4 aromatic rings. The molecule has 34 heavy (non-hydrogen) atoms. The molecule has 2 aromatic carbocycles. The summed E-state index contributed by atoms with van der Waals surface area (Å²) in [6, 6.07) is 8.04. The van der Waals surface area contributed by atoms with E-state index >= 15 is 0 Å². The summed E-state index contributed by atoms with van der Waals surface area (Å²) < 4.78 is 12.7. The van der Waals surface area contributed by atoms with Gasteiger partial charge in [0.25, 0.3) is 11.2 Å². The lowest BCUT2D eigenvalue weighted by atomic mass is 10.0. The largest absolute Gasteiger partial charge is 0.454 e. The van der Waals surface area contributed by atoms with Crippen molar-refractivity contribution in [1.29, 1.82) is 0 Å². The Morgan fingerprint density at radius 3 is 2.62 bits per heavy atom. The van der Waals surface area contributed by atoms with E-state index in [1.807, 2.05) is 12.1 Å². The van der Waals surface area contributed by atoms with E-state index in [0.717, 1.165) is 42.2 Å². The average Bonchev–Trinajstić information content (AvgIpc) is 3.28. The normalized spacial score (nSPS) is 12.4. The third-order valence-electron chi connectivity index (χ3n) is 5.89. The SMILES string of the molecule is Cl.NCCNCCCCn1c(=O)c2cc([N+](=O)[O-])ccc2c2cnc3cc4c(cc3c21)OCO4. The van der Waals surface area contributed by atoms with Gasteiger partial charge in [-0.25, -0.2) is 0 Å². The number of halogens is 1. The number of ether oxygens (including phenoxy) is 2. The molecule has 1 aliphatic rings. The number of unbranched alkanes of at least 4 members (excludes halogenated alkanes) is 1. The smallest absolute Gasteiger partial charge is 0.270 e. The second-order valence-corrected chi connectivity index (χ2v) is 7.93. The van der Waals surface area contributed by atoms with Crippen LogP contribution in [-0.2, 0) is 6.54 Å². The molecule has 0 amide bonds. The third kappa shape index (κ3) is 4.11. The average molecular weight is 486 g/mol. The molecule has 3 heterocycles. The highest BCUT2D eigenvalue weighted by Crippen LogP contribution is 2.38. The van der Waals surface area contributed by atoms with Crippen LogP contribution < -0.4 is 26.1 Å². The minimum atomic E-state index is -0.490. The highest BCUT2D eigenvalue weighted by molar-refractivity contribution is 6.14. The highest BCUT2D eigenvalue weighted by atomic mass is 35.5. The van der Waals surface area contributed by atoms with Crippen molar-refractivity contribution in [1.82, 2.24) is 14.9 Å². The van der Waals surface area contributed by atoms with Crippen molar-refractivity contribution in [2.75, 3.05) is 26.4 Å². The molecule has 0 atom stereocenters. The number of rotatable bonds is 8. The Labute approximate surface area is 200 Å². The molecule has 0 aliphatic carbocycles. The second kappa shape index (κ2) is 9.80. The highest BCUT2D eigenvalue weighted by Gasteiger charge is 2.20. The predicted octanol–water partition coefficient (Wildman–Crippen LogP) is 3.09. The number of aryl methyl sites for hydroxylation is 1. The summed E-state index contributed by atoms with van der Waals surface area (Å²) in [7, 11) is 0. The van der Waals surface area contributed by atoms with E-state index in [4.69, 9.17) is 15.2 Å². The quantitative estimate of drug-likeness (QED) is 0.168. The molecular formula is C23H24ClN5O5. The number of pyridine rings is 2. The zero-order valence-electron chi connectivity index (χ0n) is 18.3. The van der Waals surface area contributed by atoms with Crippen LogP contribution in [0.5, 0.6) is 11.5 Å². The molecule has 0 fully saturated rings. The molecular weight excluding hydrogens is 462 g/mol. The van der Waals surface area contributed by atoms with Gasteiger partial charge in [0.05, 0.1) is 21.3 Å². The van der Waals surface area contributed by atoms with E-state index in [0.29, 0.717) is 40.9 Å². The Morgan fingerprint density at radius 1 is 1.06 bits per heavy atom. The van der Waals surface area contributed by atoms with Crippen LogP contribution in [0.3, 0.4) is 0 Å². The van der Waals surface area contributed by atoms with E-state index < -0.39 is 4.92 Å². The van der Waals surface area contributed by atoms with Crippen molar-refractivity contribution in [3.05, 3.63) is 57.0 Å². The van der Waals surface area contributed by atoms with E-state index in [1.54, 1.807) is 16.8 Å². The Hall–Kier alpha value is -3.47. The predicted molar refractivity (Wildman–Crippen MR) is 132 cm³/mol. The number of hydrogen-bond acceptors (Lipinski definition) is 8. The first-order valence-electron chi connectivity index (χ1n) is 10.8. The summed E-state index contributed by atoms with van der Waals surface area (Å²) in [5.41, 5.74) is 6.56. The Balaban J connectivity index is 0.00000274. The minimum absolute atomic E-state index is 0. The first-order valence-corrected chi connectivity index (χ1v) is 10.8. The molecule has 2 aromatic heterocycles. The summed E-state index contributed by atoms with van der Waals surface area (Å²) in [4.78, 5) is 29.0. The van der Waals surface area contributed by atoms with Gasteiger partial charge >= 0.3 is 0 Å². The Morgan fingerprint density at radius 2 is 1.85 bits per heavy atom. The van der Waals surface area contributed by atoms with Crippen molar-refractivity contribution in [3.63, 3.8) is 0 Å². The van der Waals surface area contributed by atoms with Crippen molar-refractivity contribution >= 4 is 50.7 Å². The van der Waals surface area contributed by atoms with Crippen LogP contribution in [0.2, 0.25) is 0 Å². The number of nitrogens with zero attached hydrogens (tertiary/aromatic N) is 3. The van der Waals surface area contributed by atoms with Crippen LogP contribution in [0.15, 0.2) is 41.3 Å². The lowest BCUT2D eigenvalue weighted by Gasteiger charge is -2.15. The van der Waals surface area contributed by atoms with E-state index in [1.165, 1.54) is 12.1 Å². The molecule has 5 rings (SSSR count). The summed E-state index contributed by atoms with van der Waals surface area (Å²) >= 11 is 0. The monoisotopic (exact) mass is 485 g/mol. The van der Waals surface area contributed by atoms with Crippen molar-refractivity contribution in [3.8, 4) is 11.5 Å². The summed E-state index contributed by atoms with van der Waals surface area (Å²) in [6.45, 7) is 2.71. The number of fused-ring (bicyclic) bond motifs is 6. The molecule has 1 aliphatic heterocycles. The number of nitrogens with two attached hydrogens (primary N) is 1. The molecule has 178 valence electrons. The Bertz CT molecular complexity index is 1460. The number of hydrogen-bond donors (Lipinski definition) is 2. The lowest BCUT2D eigenvalue weighted by molar-refractivity contribution is -0.384. The molecule has 11 heteroatoms. The van der Waals surface area contributed by atoms with Gasteiger partial charge < -0.3 is 25.1 Å². The zero-order valence-corrected chi connectivity index (χ0v) is 19.1. The van der Waals surface area contributed by atoms with Crippen molar-refractivity contribution in [2.45, 2.75) is 19.4 Å². The number of aromatic nitrogens is 2. The lowest BCUT2D eigenvalue weighted by Crippen LogP contribution is -2.25. The van der Waals surface area contributed by atoms with Crippen LogP contribution in [0.1, 0.15) is 12.8 Å². The molecule has 0 saturated carbocycles. The Kier molecular flexibility index (Phi) is 6.82. The molecule has 3 N–H and O–H groups in total. The van der Waals surface area contributed by atoms with Crippen LogP contribution in [0, 0.1) is 10.1 Å². The topological polar surface area (TPSA) is 135 Å². The fraction of sp³-hybridized carbons (Fsp3) is 0.304. The number of nitrogens with one attached hydrogen (secondary N) is 1. The van der Waals surface area contributed by atoms with Gasteiger partial charge in [-0.05, 0) is 36.9 Å². The van der Waals surface area contributed by atoms with Gasteiger partial charge in [-0.15, -0.1) is 12.4 Å². The maximum Gasteiger partial charge on any atom is 0.270 e. The minimum Gasteiger partial charge on any atom is -0.454 e. The molecule has 0 saturated heterocycles. The van der Waals surface area contributed by atoms with Crippen LogP contribution in [0.25, 0.3) is 32.6 Å². The van der Waals surface area contributed by atoms with Gasteiger partial charge in [-0.2, -0.15) is 0 Å². The summed E-state index contributed by atoms with van der Waals surface area (Å²) in [5.74, 6) is 1.22. The maximum atomic E-state index is 13.6. The van der Waals surface area contributed by atoms with Crippen LogP contribution in [-0.4, -0.2) is 40.9 Å². The van der Waals surface area contributed by atoms with Crippen molar-refractivity contribution < 1.29 is 14.4 Å². The van der Waals surface area contributed by atoms with Gasteiger partial charge in [0, 0.05) is 54.8 Å². The van der Waals surface area contributed by atoms with Crippen LogP contribution in [0.4, 0.5) is 5.69 Å². The summed E-state index contributed by atoms with van der Waals surface area (Å²) in [5, 5.41) is 17.0. The third-order valence-corrected chi connectivity index (χ3v) is 5.89.